The standard InChI is InChI=1S/C25H28N2O2S/c1-19(2)21-11-13-23(14-12-21)27-18-26(17-25(27)22-7-5-4-6-8-22)30(28,29)24-15-9-20(3)10-16-24/h4-16,19,25H,17-18H2,1-3H3/t25-/m1/s1. The lowest BCUT2D eigenvalue weighted by Gasteiger charge is -2.26. The Morgan fingerprint density at radius 2 is 1.50 bits per heavy atom. The quantitative estimate of drug-likeness (QED) is 0.560. The average Bonchev–Trinajstić information content (AvgIpc) is 3.21. The van der Waals surface area contributed by atoms with Gasteiger partial charge in [-0.1, -0.05) is 74.0 Å². The molecule has 0 aliphatic carbocycles. The summed E-state index contributed by atoms with van der Waals surface area (Å²) in [6.45, 7) is 7.06. The van der Waals surface area contributed by atoms with Crippen LogP contribution in [0.3, 0.4) is 0 Å². The van der Waals surface area contributed by atoms with Gasteiger partial charge in [0.2, 0.25) is 10.0 Å². The van der Waals surface area contributed by atoms with E-state index in [1.54, 1.807) is 16.4 Å². The molecule has 30 heavy (non-hydrogen) atoms. The van der Waals surface area contributed by atoms with Gasteiger partial charge >= 0.3 is 0 Å². The van der Waals surface area contributed by atoms with Gasteiger partial charge in [-0.05, 0) is 48.2 Å². The first-order valence-corrected chi connectivity index (χ1v) is 11.8. The zero-order valence-corrected chi connectivity index (χ0v) is 18.5. The summed E-state index contributed by atoms with van der Waals surface area (Å²) in [4.78, 5) is 2.53. The summed E-state index contributed by atoms with van der Waals surface area (Å²) in [6, 6.07) is 25.7. The molecular weight excluding hydrogens is 392 g/mol. The summed E-state index contributed by atoms with van der Waals surface area (Å²) < 4.78 is 28.3. The van der Waals surface area contributed by atoms with Gasteiger partial charge in [0.15, 0.2) is 0 Å². The molecule has 1 saturated heterocycles. The van der Waals surface area contributed by atoms with Crippen LogP contribution < -0.4 is 4.90 Å². The fourth-order valence-corrected chi connectivity index (χ4v) is 5.32. The highest BCUT2D eigenvalue weighted by Gasteiger charge is 2.38. The SMILES string of the molecule is Cc1ccc(S(=O)(=O)N2C[C@H](c3ccccc3)N(c3ccc(C(C)C)cc3)C2)cc1. The van der Waals surface area contributed by atoms with E-state index < -0.39 is 10.0 Å². The fourth-order valence-electron chi connectivity index (χ4n) is 3.92. The number of rotatable bonds is 5. The van der Waals surface area contributed by atoms with E-state index in [0.717, 1.165) is 16.8 Å². The van der Waals surface area contributed by atoms with E-state index in [4.69, 9.17) is 0 Å². The van der Waals surface area contributed by atoms with Crippen LogP contribution in [-0.4, -0.2) is 25.9 Å². The summed E-state index contributed by atoms with van der Waals surface area (Å²) in [7, 11) is -3.57. The van der Waals surface area contributed by atoms with Crippen molar-refractivity contribution in [3.8, 4) is 0 Å². The second kappa shape index (κ2) is 8.25. The second-order valence-electron chi connectivity index (χ2n) is 8.24. The van der Waals surface area contributed by atoms with Crippen LogP contribution in [0.5, 0.6) is 0 Å². The molecule has 1 fully saturated rings. The van der Waals surface area contributed by atoms with Crippen LogP contribution in [-0.2, 0) is 10.0 Å². The number of nitrogens with zero attached hydrogens (tertiary/aromatic N) is 2. The third-order valence-electron chi connectivity index (χ3n) is 5.80. The van der Waals surface area contributed by atoms with Crippen molar-refractivity contribution in [2.24, 2.45) is 0 Å². The first-order valence-electron chi connectivity index (χ1n) is 10.3. The van der Waals surface area contributed by atoms with Gasteiger partial charge in [-0.15, -0.1) is 0 Å². The smallest absolute Gasteiger partial charge is 0.244 e. The molecule has 0 saturated carbocycles. The van der Waals surface area contributed by atoms with Gasteiger partial charge in [0.25, 0.3) is 0 Å². The molecule has 1 atom stereocenters. The highest BCUT2D eigenvalue weighted by atomic mass is 32.2. The lowest BCUT2D eigenvalue weighted by molar-refractivity contribution is 0.473. The molecule has 0 radical (unpaired) electrons. The molecule has 156 valence electrons. The third-order valence-corrected chi connectivity index (χ3v) is 7.61. The largest absolute Gasteiger partial charge is 0.349 e. The average molecular weight is 421 g/mol. The monoisotopic (exact) mass is 420 g/mol. The predicted molar refractivity (Wildman–Crippen MR) is 122 cm³/mol. The van der Waals surface area contributed by atoms with Crippen LogP contribution in [0.1, 0.15) is 42.5 Å². The highest BCUT2D eigenvalue weighted by Crippen LogP contribution is 2.36. The number of benzene rings is 3. The van der Waals surface area contributed by atoms with Gasteiger partial charge in [0.1, 0.15) is 0 Å². The van der Waals surface area contributed by atoms with Gasteiger partial charge in [-0.25, -0.2) is 8.42 Å². The molecule has 0 unspecified atom stereocenters. The molecule has 0 bridgehead atoms. The Kier molecular flexibility index (Phi) is 5.67. The topological polar surface area (TPSA) is 40.6 Å². The molecule has 0 N–H and O–H groups in total. The third kappa shape index (κ3) is 4.00. The summed E-state index contributed by atoms with van der Waals surface area (Å²) in [5.41, 5.74) is 4.48. The summed E-state index contributed by atoms with van der Waals surface area (Å²) in [5.74, 6) is 0.459. The van der Waals surface area contributed by atoms with Crippen molar-refractivity contribution in [3.05, 3.63) is 95.6 Å². The van der Waals surface area contributed by atoms with E-state index in [9.17, 15) is 8.42 Å². The Bertz CT molecular complexity index is 1090. The number of hydrogen-bond donors (Lipinski definition) is 0. The molecule has 5 heteroatoms. The first-order chi connectivity index (χ1) is 14.4. The van der Waals surface area contributed by atoms with Crippen LogP contribution in [0.25, 0.3) is 0 Å². The summed E-state index contributed by atoms with van der Waals surface area (Å²) >= 11 is 0. The van der Waals surface area contributed by atoms with Crippen molar-refractivity contribution >= 4 is 15.7 Å². The van der Waals surface area contributed by atoms with E-state index in [0.29, 0.717) is 24.0 Å². The number of hydrogen-bond acceptors (Lipinski definition) is 3. The maximum Gasteiger partial charge on any atom is 0.244 e. The summed E-state index contributed by atoms with van der Waals surface area (Å²) in [6.07, 6.45) is 0. The second-order valence-corrected chi connectivity index (χ2v) is 10.2. The zero-order chi connectivity index (χ0) is 21.3. The Hall–Kier alpha value is -2.63. The van der Waals surface area contributed by atoms with Crippen molar-refractivity contribution in [1.29, 1.82) is 0 Å². The minimum Gasteiger partial charge on any atom is -0.349 e. The van der Waals surface area contributed by atoms with Crippen LogP contribution in [0.4, 0.5) is 5.69 Å². The van der Waals surface area contributed by atoms with Crippen LogP contribution in [0.15, 0.2) is 83.8 Å². The minimum absolute atomic E-state index is 0.0312. The van der Waals surface area contributed by atoms with Crippen molar-refractivity contribution < 1.29 is 8.42 Å². The molecule has 3 aromatic rings. The molecule has 0 aromatic heterocycles. The lowest BCUT2D eigenvalue weighted by atomic mass is 10.0. The molecule has 1 heterocycles. The van der Waals surface area contributed by atoms with Gasteiger partial charge in [-0.3, -0.25) is 0 Å². The highest BCUT2D eigenvalue weighted by molar-refractivity contribution is 7.89. The molecule has 3 aromatic carbocycles. The van der Waals surface area contributed by atoms with E-state index >= 15 is 0 Å². The molecular formula is C25H28N2O2S. The molecule has 1 aliphatic heterocycles. The molecule has 4 nitrogen and oxygen atoms in total. The Labute approximate surface area is 179 Å². The molecule has 1 aliphatic rings. The number of aryl methyl sites for hydroxylation is 1. The van der Waals surface area contributed by atoms with E-state index in [-0.39, 0.29) is 6.04 Å². The van der Waals surface area contributed by atoms with Crippen molar-refractivity contribution in [2.45, 2.75) is 37.6 Å². The van der Waals surface area contributed by atoms with E-state index in [2.05, 4.69) is 55.1 Å². The molecule has 0 amide bonds. The van der Waals surface area contributed by atoms with Gasteiger partial charge in [-0.2, -0.15) is 4.31 Å². The van der Waals surface area contributed by atoms with Crippen LogP contribution in [0.2, 0.25) is 0 Å². The number of anilines is 1. The Morgan fingerprint density at radius 1 is 0.867 bits per heavy atom. The first kappa shape index (κ1) is 20.6. The van der Waals surface area contributed by atoms with Gasteiger partial charge in [0.05, 0.1) is 17.6 Å². The lowest BCUT2D eigenvalue weighted by Crippen LogP contribution is -2.31. The van der Waals surface area contributed by atoms with Crippen molar-refractivity contribution in [3.63, 3.8) is 0 Å². The maximum absolute atomic E-state index is 13.3. The van der Waals surface area contributed by atoms with E-state index in [1.807, 2.05) is 37.3 Å². The zero-order valence-electron chi connectivity index (χ0n) is 17.7. The minimum atomic E-state index is -3.57. The summed E-state index contributed by atoms with van der Waals surface area (Å²) in [5, 5.41) is 0. The normalized spacial score (nSPS) is 17.6. The van der Waals surface area contributed by atoms with E-state index in [1.165, 1.54) is 5.56 Å². The molecule has 4 rings (SSSR count). The van der Waals surface area contributed by atoms with Crippen molar-refractivity contribution in [1.82, 2.24) is 4.31 Å². The van der Waals surface area contributed by atoms with Crippen LogP contribution in [0, 0.1) is 6.92 Å². The van der Waals surface area contributed by atoms with Gasteiger partial charge < -0.3 is 4.90 Å². The predicted octanol–water partition coefficient (Wildman–Crippen LogP) is 5.33. The van der Waals surface area contributed by atoms with Crippen molar-refractivity contribution in [2.75, 3.05) is 18.1 Å². The molecule has 0 spiro atoms. The number of sulfonamides is 1. The van der Waals surface area contributed by atoms with Gasteiger partial charge in [0, 0.05) is 12.2 Å². The van der Waals surface area contributed by atoms with Crippen LogP contribution >= 0.6 is 0 Å². The Morgan fingerprint density at radius 3 is 2.10 bits per heavy atom. The maximum atomic E-state index is 13.3. The fraction of sp³-hybridized carbons (Fsp3) is 0.280. The Balaban J connectivity index is 1.70.